The molecule has 1 aliphatic carbocycles. The molecule has 0 aromatic rings. The molecule has 0 aromatic carbocycles. The van der Waals surface area contributed by atoms with E-state index in [0.29, 0.717) is 19.6 Å². The summed E-state index contributed by atoms with van der Waals surface area (Å²) in [6.45, 7) is 1.45. The molecule has 2 aliphatic heterocycles. The molecule has 1 saturated carbocycles. The van der Waals surface area contributed by atoms with Crippen molar-refractivity contribution >= 4 is 16.2 Å². The number of carbonyl (C=O) groups is 1. The van der Waals surface area contributed by atoms with Gasteiger partial charge in [0, 0.05) is 19.6 Å². The highest BCUT2D eigenvalue weighted by Gasteiger charge is 2.53. The summed E-state index contributed by atoms with van der Waals surface area (Å²) in [5.41, 5.74) is 0. The lowest BCUT2D eigenvalue weighted by Crippen LogP contribution is -2.51. The first kappa shape index (κ1) is 14.3. The maximum absolute atomic E-state index is 12.7. The van der Waals surface area contributed by atoms with Crippen molar-refractivity contribution in [3.8, 4) is 0 Å². The van der Waals surface area contributed by atoms with E-state index in [4.69, 9.17) is 0 Å². The molecule has 3 aliphatic rings. The zero-order valence-corrected chi connectivity index (χ0v) is 12.4. The van der Waals surface area contributed by atoms with Crippen molar-refractivity contribution in [3.63, 3.8) is 0 Å². The van der Waals surface area contributed by atoms with Gasteiger partial charge >= 0.3 is 5.97 Å². The molecular formula is C13H22N2O4S. The zero-order valence-electron chi connectivity index (χ0n) is 11.6. The number of hydrogen-bond acceptors (Lipinski definition) is 3. The van der Waals surface area contributed by atoms with Crippen molar-refractivity contribution in [1.29, 1.82) is 0 Å². The van der Waals surface area contributed by atoms with Crippen molar-refractivity contribution in [2.24, 2.45) is 11.8 Å². The van der Waals surface area contributed by atoms with Crippen molar-refractivity contribution in [2.45, 2.75) is 44.6 Å². The van der Waals surface area contributed by atoms with E-state index >= 15 is 0 Å². The maximum Gasteiger partial charge on any atom is 0.322 e. The molecule has 3 fully saturated rings. The predicted octanol–water partition coefficient (Wildman–Crippen LogP) is 0.902. The number of carboxylic acids is 1. The van der Waals surface area contributed by atoms with Crippen molar-refractivity contribution < 1.29 is 18.3 Å². The molecule has 20 heavy (non-hydrogen) atoms. The third-order valence-corrected chi connectivity index (χ3v) is 7.03. The quantitative estimate of drug-likeness (QED) is 0.840. The SMILES string of the molecule is O=C(O)C1C2CCCC2CN1S(=O)(=O)N1CCCCC1. The summed E-state index contributed by atoms with van der Waals surface area (Å²) in [5, 5.41) is 9.47. The fourth-order valence-corrected chi connectivity index (χ4v) is 5.98. The largest absolute Gasteiger partial charge is 0.480 e. The molecule has 3 unspecified atom stereocenters. The average Bonchev–Trinajstić information content (AvgIpc) is 2.99. The van der Waals surface area contributed by atoms with Gasteiger partial charge in [-0.2, -0.15) is 17.0 Å². The average molecular weight is 302 g/mol. The number of fused-ring (bicyclic) bond motifs is 1. The first-order valence-electron chi connectivity index (χ1n) is 7.51. The fourth-order valence-electron chi connectivity index (χ4n) is 4.05. The van der Waals surface area contributed by atoms with Crippen LogP contribution in [0.5, 0.6) is 0 Å². The molecule has 0 amide bonds. The van der Waals surface area contributed by atoms with Gasteiger partial charge in [0.25, 0.3) is 10.2 Å². The van der Waals surface area contributed by atoms with Crippen molar-refractivity contribution in [1.82, 2.24) is 8.61 Å². The van der Waals surface area contributed by atoms with Gasteiger partial charge in [-0.15, -0.1) is 0 Å². The minimum Gasteiger partial charge on any atom is -0.480 e. The second-order valence-electron chi connectivity index (χ2n) is 6.18. The van der Waals surface area contributed by atoms with Gasteiger partial charge in [0.05, 0.1) is 0 Å². The molecular weight excluding hydrogens is 280 g/mol. The van der Waals surface area contributed by atoms with Gasteiger partial charge in [0.2, 0.25) is 0 Å². The first-order chi connectivity index (χ1) is 9.51. The monoisotopic (exact) mass is 302 g/mol. The highest BCUT2D eigenvalue weighted by atomic mass is 32.2. The van der Waals surface area contributed by atoms with Gasteiger partial charge in [-0.05, 0) is 37.5 Å². The number of rotatable bonds is 3. The van der Waals surface area contributed by atoms with Crippen LogP contribution in [0.1, 0.15) is 38.5 Å². The van der Waals surface area contributed by atoms with E-state index in [-0.39, 0.29) is 11.8 Å². The summed E-state index contributed by atoms with van der Waals surface area (Å²) < 4.78 is 28.2. The number of nitrogens with zero attached hydrogens (tertiary/aromatic N) is 2. The van der Waals surface area contributed by atoms with E-state index in [1.165, 1.54) is 8.61 Å². The normalized spacial score (nSPS) is 36.1. The third-order valence-electron chi connectivity index (χ3n) is 5.04. The van der Waals surface area contributed by atoms with Crippen LogP contribution in [-0.2, 0) is 15.0 Å². The Morgan fingerprint density at radius 2 is 1.75 bits per heavy atom. The van der Waals surface area contributed by atoms with E-state index in [9.17, 15) is 18.3 Å². The van der Waals surface area contributed by atoms with Crippen LogP contribution in [-0.4, -0.2) is 53.8 Å². The number of hydrogen-bond donors (Lipinski definition) is 1. The van der Waals surface area contributed by atoms with Crippen LogP contribution in [0.3, 0.4) is 0 Å². The Balaban J connectivity index is 1.86. The van der Waals surface area contributed by atoms with Gasteiger partial charge < -0.3 is 5.11 Å². The molecule has 0 radical (unpaired) electrons. The lowest BCUT2D eigenvalue weighted by molar-refractivity contribution is -0.142. The summed E-state index contributed by atoms with van der Waals surface area (Å²) in [7, 11) is -3.61. The van der Waals surface area contributed by atoms with Crippen LogP contribution in [0.25, 0.3) is 0 Å². The van der Waals surface area contributed by atoms with E-state index in [1.54, 1.807) is 0 Å². The molecule has 6 nitrogen and oxygen atoms in total. The highest BCUT2D eigenvalue weighted by molar-refractivity contribution is 7.86. The summed E-state index contributed by atoms with van der Waals surface area (Å²) >= 11 is 0. The molecule has 3 rings (SSSR count). The Hall–Kier alpha value is -0.660. The molecule has 7 heteroatoms. The molecule has 1 N–H and O–H groups in total. The number of aliphatic carboxylic acids is 1. The van der Waals surface area contributed by atoms with E-state index < -0.39 is 22.2 Å². The van der Waals surface area contributed by atoms with Crippen LogP contribution >= 0.6 is 0 Å². The summed E-state index contributed by atoms with van der Waals surface area (Å²) in [6.07, 6.45) is 5.62. The molecule has 2 heterocycles. The van der Waals surface area contributed by atoms with Gasteiger partial charge in [-0.3, -0.25) is 4.79 Å². The van der Waals surface area contributed by atoms with Gasteiger partial charge in [-0.25, -0.2) is 0 Å². The Morgan fingerprint density at radius 1 is 1.05 bits per heavy atom. The fraction of sp³-hybridized carbons (Fsp3) is 0.923. The number of piperidine rings is 1. The van der Waals surface area contributed by atoms with Crippen LogP contribution in [0, 0.1) is 11.8 Å². The van der Waals surface area contributed by atoms with Crippen LogP contribution in [0.4, 0.5) is 0 Å². The van der Waals surface area contributed by atoms with Gasteiger partial charge in [-0.1, -0.05) is 12.8 Å². The second-order valence-corrected chi connectivity index (χ2v) is 8.06. The van der Waals surface area contributed by atoms with E-state index in [0.717, 1.165) is 38.5 Å². The summed E-state index contributed by atoms with van der Waals surface area (Å²) in [4.78, 5) is 11.6. The Kier molecular flexibility index (Phi) is 3.77. The highest BCUT2D eigenvalue weighted by Crippen LogP contribution is 2.43. The van der Waals surface area contributed by atoms with Crippen LogP contribution < -0.4 is 0 Å². The smallest absolute Gasteiger partial charge is 0.322 e. The molecule has 2 saturated heterocycles. The van der Waals surface area contributed by atoms with Crippen LogP contribution in [0.15, 0.2) is 0 Å². The zero-order chi connectivity index (χ0) is 14.3. The molecule has 0 aromatic heterocycles. The minimum absolute atomic E-state index is 0.00654. The Labute approximate surface area is 119 Å². The standard InChI is InChI=1S/C13H22N2O4S/c16-13(17)12-11-6-4-5-10(11)9-15(12)20(18,19)14-7-2-1-3-8-14/h10-12H,1-9H2,(H,16,17). The van der Waals surface area contributed by atoms with E-state index in [2.05, 4.69) is 0 Å². The predicted molar refractivity (Wildman–Crippen MR) is 73.3 cm³/mol. The lowest BCUT2D eigenvalue weighted by atomic mass is 9.94. The second kappa shape index (κ2) is 5.27. The lowest BCUT2D eigenvalue weighted by Gasteiger charge is -2.32. The van der Waals surface area contributed by atoms with E-state index in [1.807, 2.05) is 0 Å². The molecule has 114 valence electrons. The Morgan fingerprint density at radius 3 is 2.40 bits per heavy atom. The first-order valence-corrected chi connectivity index (χ1v) is 8.91. The number of carboxylic acid groups (broad SMARTS) is 1. The summed E-state index contributed by atoms with van der Waals surface area (Å²) in [5.74, 6) is -0.747. The van der Waals surface area contributed by atoms with Gasteiger partial charge in [0.15, 0.2) is 0 Å². The van der Waals surface area contributed by atoms with Crippen molar-refractivity contribution in [2.75, 3.05) is 19.6 Å². The van der Waals surface area contributed by atoms with Gasteiger partial charge in [0.1, 0.15) is 6.04 Å². The maximum atomic E-state index is 12.7. The van der Waals surface area contributed by atoms with Crippen molar-refractivity contribution in [3.05, 3.63) is 0 Å². The molecule has 3 atom stereocenters. The Bertz CT molecular complexity index is 487. The third kappa shape index (κ3) is 2.25. The minimum atomic E-state index is -3.61. The van der Waals surface area contributed by atoms with Crippen LogP contribution in [0.2, 0.25) is 0 Å². The molecule has 0 bridgehead atoms. The topological polar surface area (TPSA) is 77.9 Å². The summed E-state index contributed by atoms with van der Waals surface area (Å²) in [6, 6.07) is -0.852. The molecule has 0 spiro atoms.